The lowest BCUT2D eigenvalue weighted by atomic mass is 10.1. The summed E-state index contributed by atoms with van der Waals surface area (Å²) in [6, 6.07) is 1.83. The maximum absolute atomic E-state index is 12.2. The molecule has 0 aliphatic rings. The third-order valence-electron chi connectivity index (χ3n) is 3.00. The van der Waals surface area contributed by atoms with E-state index in [0.717, 1.165) is 12.1 Å². The van der Waals surface area contributed by atoms with Gasteiger partial charge in [0.05, 0.1) is 17.3 Å². The van der Waals surface area contributed by atoms with E-state index >= 15 is 0 Å². The standard InChI is InChI=1S/C13H17N5OS/c1-4-10(11-5-6-16-18(11)2)17-12(19)9-7-14-13(20-3)15-8-9/h5-8,10H,4H2,1-3H3,(H,17,19)/t10-/m1/s1. The Labute approximate surface area is 122 Å². The zero-order valence-electron chi connectivity index (χ0n) is 11.7. The number of aromatic nitrogens is 4. The van der Waals surface area contributed by atoms with E-state index in [2.05, 4.69) is 20.4 Å². The second-order valence-corrected chi connectivity index (χ2v) is 5.05. The van der Waals surface area contributed by atoms with E-state index in [4.69, 9.17) is 0 Å². The van der Waals surface area contributed by atoms with Crippen molar-refractivity contribution in [2.24, 2.45) is 7.05 Å². The van der Waals surface area contributed by atoms with Crippen LogP contribution in [0.25, 0.3) is 0 Å². The van der Waals surface area contributed by atoms with Crippen LogP contribution in [0.4, 0.5) is 0 Å². The smallest absolute Gasteiger partial charge is 0.254 e. The van der Waals surface area contributed by atoms with Crippen LogP contribution in [0.15, 0.2) is 29.8 Å². The maximum atomic E-state index is 12.2. The first kappa shape index (κ1) is 14.5. The zero-order chi connectivity index (χ0) is 14.5. The number of carbonyl (C=O) groups is 1. The molecule has 6 nitrogen and oxygen atoms in total. The maximum Gasteiger partial charge on any atom is 0.254 e. The van der Waals surface area contributed by atoms with Crippen LogP contribution < -0.4 is 5.32 Å². The Morgan fingerprint density at radius 2 is 2.15 bits per heavy atom. The molecule has 0 spiro atoms. The summed E-state index contributed by atoms with van der Waals surface area (Å²) in [5, 5.41) is 7.76. The molecule has 0 aromatic carbocycles. The molecule has 7 heteroatoms. The van der Waals surface area contributed by atoms with Gasteiger partial charge in [-0.25, -0.2) is 9.97 Å². The molecule has 0 unspecified atom stereocenters. The highest BCUT2D eigenvalue weighted by molar-refractivity contribution is 7.98. The van der Waals surface area contributed by atoms with Gasteiger partial charge in [0.2, 0.25) is 0 Å². The molecule has 2 aromatic rings. The van der Waals surface area contributed by atoms with Crippen LogP contribution in [0.2, 0.25) is 0 Å². The normalized spacial score (nSPS) is 12.2. The largest absolute Gasteiger partial charge is 0.344 e. The van der Waals surface area contributed by atoms with Crippen LogP contribution in [-0.2, 0) is 7.05 Å². The van der Waals surface area contributed by atoms with Gasteiger partial charge in [0.1, 0.15) is 0 Å². The molecular formula is C13H17N5OS. The zero-order valence-corrected chi connectivity index (χ0v) is 12.5. The Morgan fingerprint density at radius 1 is 1.45 bits per heavy atom. The fourth-order valence-corrected chi connectivity index (χ4v) is 2.21. The van der Waals surface area contributed by atoms with Gasteiger partial charge in [-0.05, 0) is 18.7 Å². The van der Waals surface area contributed by atoms with E-state index in [1.54, 1.807) is 23.3 Å². The average Bonchev–Trinajstić information content (AvgIpc) is 2.90. The minimum atomic E-state index is -0.175. The summed E-state index contributed by atoms with van der Waals surface area (Å²) in [4.78, 5) is 20.4. The van der Waals surface area contributed by atoms with Gasteiger partial charge in [-0.1, -0.05) is 18.7 Å². The molecular weight excluding hydrogens is 274 g/mol. The first-order valence-electron chi connectivity index (χ1n) is 6.30. The Balaban J connectivity index is 2.11. The van der Waals surface area contributed by atoms with Gasteiger partial charge >= 0.3 is 0 Å². The lowest BCUT2D eigenvalue weighted by Gasteiger charge is -2.17. The Bertz CT molecular complexity index is 581. The minimum absolute atomic E-state index is 0.0739. The van der Waals surface area contributed by atoms with Crippen LogP contribution >= 0.6 is 11.8 Å². The predicted molar refractivity (Wildman–Crippen MR) is 77.5 cm³/mol. The molecule has 1 atom stereocenters. The van der Waals surface area contributed by atoms with E-state index in [1.807, 2.05) is 26.3 Å². The SMILES string of the molecule is CC[C@@H](NC(=O)c1cnc(SC)nc1)c1ccnn1C. The van der Waals surface area contributed by atoms with Crippen molar-refractivity contribution in [2.75, 3.05) is 6.26 Å². The summed E-state index contributed by atoms with van der Waals surface area (Å²) < 4.78 is 1.77. The highest BCUT2D eigenvalue weighted by atomic mass is 32.2. The lowest BCUT2D eigenvalue weighted by molar-refractivity contribution is 0.0933. The summed E-state index contributed by atoms with van der Waals surface area (Å²) in [7, 11) is 1.86. The van der Waals surface area contributed by atoms with Gasteiger partial charge < -0.3 is 5.32 Å². The number of hydrogen-bond donors (Lipinski definition) is 1. The topological polar surface area (TPSA) is 72.7 Å². The molecule has 2 aromatic heterocycles. The molecule has 1 N–H and O–H groups in total. The molecule has 2 heterocycles. The van der Waals surface area contributed by atoms with Crippen LogP contribution in [0, 0.1) is 0 Å². The fourth-order valence-electron chi connectivity index (χ4n) is 1.89. The van der Waals surface area contributed by atoms with Crippen molar-refractivity contribution in [3.05, 3.63) is 35.9 Å². The highest BCUT2D eigenvalue weighted by Crippen LogP contribution is 2.16. The molecule has 0 aliphatic heterocycles. The van der Waals surface area contributed by atoms with Crippen molar-refractivity contribution in [3.8, 4) is 0 Å². The van der Waals surface area contributed by atoms with E-state index in [0.29, 0.717) is 10.7 Å². The number of aryl methyl sites for hydroxylation is 1. The van der Waals surface area contributed by atoms with E-state index in [-0.39, 0.29) is 11.9 Å². The number of hydrogen-bond acceptors (Lipinski definition) is 5. The Morgan fingerprint density at radius 3 is 2.65 bits per heavy atom. The summed E-state index contributed by atoms with van der Waals surface area (Å²) in [5.41, 5.74) is 1.44. The third-order valence-corrected chi connectivity index (χ3v) is 3.58. The van der Waals surface area contributed by atoms with Gasteiger partial charge in [0.25, 0.3) is 5.91 Å². The third kappa shape index (κ3) is 3.16. The molecule has 0 saturated carbocycles. The highest BCUT2D eigenvalue weighted by Gasteiger charge is 2.17. The molecule has 1 amide bonds. The van der Waals surface area contributed by atoms with E-state index < -0.39 is 0 Å². The lowest BCUT2D eigenvalue weighted by Crippen LogP contribution is -2.29. The molecule has 106 valence electrons. The summed E-state index contributed by atoms with van der Waals surface area (Å²) in [6.45, 7) is 2.02. The monoisotopic (exact) mass is 291 g/mol. The van der Waals surface area contributed by atoms with Gasteiger partial charge in [-0.3, -0.25) is 9.48 Å². The minimum Gasteiger partial charge on any atom is -0.344 e. The first-order valence-corrected chi connectivity index (χ1v) is 7.53. The van der Waals surface area contributed by atoms with Crippen molar-refractivity contribution >= 4 is 17.7 Å². The number of carbonyl (C=O) groups excluding carboxylic acids is 1. The molecule has 0 saturated heterocycles. The molecule has 2 rings (SSSR count). The molecule has 0 fully saturated rings. The van der Waals surface area contributed by atoms with Gasteiger partial charge in [-0.15, -0.1) is 0 Å². The second kappa shape index (κ2) is 6.51. The van der Waals surface area contributed by atoms with Gasteiger partial charge in [-0.2, -0.15) is 5.10 Å². The van der Waals surface area contributed by atoms with Crippen molar-refractivity contribution < 1.29 is 4.79 Å². The van der Waals surface area contributed by atoms with Crippen molar-refractivity contribution in [1.29, 1.82) is 0 Å². The molecule has 0 aliphatic carbocycles. The van der Waals surface area contributed by atoms with Crippen LogP contribution in [0.1, 0.15) is 35.4 Å². The predicted octanol–water partition coefficient (Wildman–Crippen LogP) is 1.81. The van der Waals surface area contributed by atoms with E-state index in [9.17, 15) is 4.79 Å². The number of thioether (sulfide) groups is 1. The van der Waals surface area contributed by atoms with Crippen LogP contribution in [0.3, 0.4) is 0 Å². The van der Waals surface area contributed by atoms with Crippen molar-refractivity contribution in [3.63, 3.8) is 0 Å². The quantitative estimate of drug-likeness (QED) is 0.672. The van der Waals surface area contributed by atoms with Crippen molar-refractivity contribution in [2.45, 2.75) is 24.5 Å². The molecule has 0 radical (unpaired) electrons. The average molecular weight is 291 g/mol. The second-order valence-electron chi connectivity index (χ2n) is 4.27. The van der Waals surface area contributed by atoms with Crippen molar-refractivity contribution in [1.82, 2.24) is 25.1 Å². The van der Waals surface area contributed by atoms with Crippen LogP contribution in [-0.4, -0.2) is 31.9 Å². The Kier molecular flexibility index (Phi) is 4.73. The van der Waals surface area contributed by atoms with Gasteiger partial charge in [0, 0.05) is 25.6 Å². The summed E-state index contributed by atoms with van der Waals surface area (Å²) in [5.74, 6) is -0.175. The number of nitrogens with zero attached hydrogens (tertiary/aromatic N) is 4. The molecule has 0 bridgehead atoms. The van der Waals surface area contributed by atoms with Crippen LogP contribution in [0.5, 0.6) is 0 Å². The fraction of sp³-hybridized carbons (Fsp3) is 0.385. The van der Waals surface area contributed by atoms with E-state index in [1.165, 1.54) is 11.8 Å². The summed E-state index contributed by atoms with van der Waals surface area (Å²) >= 11 is 1.44. The first-order chi connectivity index (χ1) is 9.65. The number of nitrogens with one attached hydrogen (secondary N) is 1. The summed E-state index contributed by atoms with van der Waals surface area (Å²) in [6.07, 6.45) is 7.49. The molecule has 20 heavy (non-hydrogen) atoms. The number of rotatable bonds is 5. The Hall–Kier alpha value is -1.89. The van der Waals surface area contributed by atoms with Gasteiger partial charge in [0.15, 0.2) is 5.16 Å². The number of amides is 1.